The molecule has 264 valence electrons. The SMILES string of the molecule is COc1cc(C2C3=CCC4C(=O)N(c5ccc(Nc6ccccc6)cc5)C(=O)C4C3CC3C(=O)N(c4ccc(F)c(Cl)c4)C(=O)C32C)cc(Br)c1O. The first-order valence-electron chi connectivity index (χ1n) is 16.8. The molecule has 2 aliphatic heterocycles. The van der Waals surface area contributed by atoms with Crippen molar-refractivity contribution in [2.24, 2.45) is 29.1 Å². The number of carbonyl (C=O) groups is 4. The Balaban J connectivity index is 1.20. The Morgan fingerprint density at radius 3 is 2.27 bits per heavy atom. The summed E-state index contributed by atoms with van der Waals surface area (Å²) >= 11 is 9.53. The van der Waals surface area contributed by atoms with Gasteiger partial charge < -0.3 is 15.2 Å². The zero-order valence-corrected chi connectivity index (χ0v) is 30.3. The summed E-state index contributed by atoms with van der Waals surface area (Å²) in [5.74, 6) is -6.00. The number of carbonyl (C=O) groups excluding carboxylic acids is 4. The highest BCUT2D eigenvalue weighted by molar-refractivity contribution is 9.10. The van der Waals surface area contributed by atoms with Crippen LogP contribution in [0.15, 0.2) is 101 Å². The van der Waals surface area contributed by atoms with Crippen LogP contribution in [0.2, 0.25) is 5.02 Å². The smallest absolute Gasteiger partial charge is 0.241 e. The van der Waals surface area contributed by atoms with Crippen LogP contribution in [0.4, 0.5) is 27.1 Å². The Labute approximate surface area is 312 Å². The van der Waals surface area contributed by atoms with E-state index in [9.17, 15) is 28.7 Å². The molecule has 4 aromatic carbocycles. The minimum atomic E-state index is -1.36. The van der Waals surface area contributed by atoms with Gasteiger partial charge in [-0.1, -0.05) is 41.4 Å². The van der Waals surface area contributed by atoms with Crippen molar-refractivity contribution >= 4 is 73.9 Å². The third-order valence-electron chi connectivity index (χ3n) is 11.2. The highest BCUT2D eigenvalue weighted by Crippen LogP contribution is 2.64. The van der Waals surface area contributed by atoms with Gasteiger partial charge in [-0.3, -0.25) is 24.1 Å². The number of hydrogen-bond donors (Lipinski definition) is 2. The van der Waals surface area contributed by atoms with Gasteiger partial charge in [0.15, 0.2) is 11.5 Å². The lowest BCUT2D eigenvalue weighted by Crippen LogP contribution is -2.48. The van der Waals surface area contributed by atoms with Crippen molar-refractivity contribution in [1.82, 2.24) is 0 Å². The maximum absolute atomic E-state index is 14.7. The van der Waals surface area contributed by atoms with E-state index in [1.165, 1.54) is 24.1 Å². The number of phenols is 1. The van der Waals surface area contributed by atoms with Crippen LogP contribution in [0.3, 0.4) is 0 Å². The number of ether oxygens (including phenoxy) is 1. The lowest BCUT2D eigenvalue weighted by molar-refractivity contribution is -0.131. The molecule has 4 aliphatic rings. The fourth-order valence-electron chi connectivity index (χ4n) is 8.82. The van der Waals surface area contributed by atoms with Crippen molar-refractivity contribution in [3.05, 3.63) is 117 Å². The van der Waals surface area contributed by atoms with Crippen LogP contribution in [0.1, 0.15) is 31.2 Å². The van der Waals surface area contributed by atoms with Gasteiger partial charge in [-0.25, -0.2) is 9.29 Å². The second-order valence-corrected chi connectivity index (χ2v) is 15.1. The van der Waals surface area contributed by atoms with Gasteiger partial charge in [0.2, 0.25) is 23.6 Å². The van der Waals surface area contributed by atoms with Crippen molar-refractivity contribution in [1.29, 1.82) is 0 Å². The van der Waals surface area contributed by atoms with Crippen molar-refractivity contribution in [3.63, 3.8) is 0 Å². The number of nitrogens with zero attached hydrogens (tertiary/aromatic N) is 2. The maximum Gasteiger partial charge on any atom is 0.241 e. The molecule has 52 heavy (non-hydrogen) atoms. The number of benzene rings is 4. The van der Waals surface area contributed by atoms with Crippen molar-refractivity contribution in [3.8, 4) is 11.5 Å². The number of halogens is 3. The van der Waals surface area contributed by atoms with E-state index in [1.807, 2.05) is 48.5 Å². The quantitative estimate of drug-likeness (QED) is 0.150. The molecular formula is C40H32BrClFN3O6. The molecule has 2 heterocycles. The summed E-state index contributed by atoms with van der Waals surface area (Å²) in [5, 5.41) is 13.8. The minimum absolute atomic E-state index is 0.133. The number of para-hydroxylation sites is 1. The molecule has 0 bridgehead atoms. The minimum Gasteiger partial charge on any atom is -0.503 e. The van der Waals surface area contributed by atoms with Crippen LogP contribution in [-0.4, -0.2) is 35.8 Å². The van der Waals surface area contributed by atoms with E-state index in [0.717, 1.165) is 27.9 Å². The molecule has 8 rings (SSSR count). The molecule has 4 amide bonds. The summed E-state index contributed by atoms with van der Waals surface area (Å²) in [6.45, 7) is 1.74. The molecule has 2 N–H and O–H groups in total. The number of methoxy groups -OCH3 is 1. The Hall–Kier alpha value is -5.00. The summed E-state index contributed by atoms with van der Waals surface area (Å²) < 4.78 is 20.0. The van der Waals surface area contributed by atoms with E-state index in [1.54, 1.807) is 31.2 Å². The summed E-state index contributed by atoms with van der Waals surface area (Å²) in [6.07, 6.45) is 2.35. The van der Waals surface area contributed by atoms with E-state index in [-0.39, 0.29) is 46.9 Å². The van der Waals surface area contributed by atoms with E-state index in [4.69, 9.17) is 16.3 Å². The fourth-order valence-corrected chi connectivity index (χ4v) is 9.45. The Morgan fingerprint density at radius 1 is 0.885 bits per heavy atom. The highest BCUT2D eigenvalue weighted by Gasteiger charge is 2.67. The Morgan fingerprint density at radius 2 is 1.58 bits per heavy atom. The zero-order chi connectivity index (χ0) is 36.6. The molecule has 1 saturated carbocycles. The number of fused-ring (bicyclic) bond motifs is 4. The zero-order valence-electron chi connectivity index (χ0n) is 28.0. The van der Waals surface area contributed by atoms with Gasteiger partial charge >= 0.3 is 0 Å². The van der Waals surface area contributed by atoms with Gasteiger partial charge in [-0.05, 0) is 114 Å². The van der Waals surface area contributed by atoms with Crippen LogP contribution in [0, 0.1) is 34.9 Å². The van der Waals surface area contributed by atoms with Gasteiger partial charge in [-0.2, -0.15) is 0 Å². The normalized spacial score (nSPS) is 26.6. The number of hydrogen-bond acceptors (Lipinski definition) is 7. The Bertz CT molecular complexity index is 2210. The molecule has 6 atom stereocenters. The molecule has 0 aromatic heterocycles. The van der Waals surface area contributed by atoms with Crippen LogP contribution in [-0.2, 0) is 19.2 Å². The van der Waals surface area contributed by atoms with Crippen LogP contribution < -0.4 is 19.9 Å². The molecule has 0 radical (unpaired) electrons. The monoisotopic (exact) mass is 783 g/mol. The summed E-state index contributed by atoms with van der Waals surface area (Å²) in [4.78, 5) is 60.0. The predicted molar refractivity (Wildman–Crippen MR) is 197 cm³/mol. The first-order chi connectivity index (χ1) is 24.9. The topological polar surface area (TPSA) is 116 Å². The van der Waals surface area contributed by atoms with Crippen LogP contribution in [0.5, 0.6) is 11.5 Å². The fraction of sp³-hybridized carbons (Fsp3) is 0.250. The van der Waals surface area contributed by atoms with Crippen LogP contribution >= 0.6 is 27.5 Å². The number of allylic oxidation sites excluding steroid dienone is 2. The van der Waals surface area contributed by atoms with Crippen molar-refractivity contribution < 1.29 is 33.4 Å². The van der Waals surface area contributed by atoms with E-state index < -0.39 is 52.6 Å². The Kier molecular flexibility index (Phi) is 8.26. The average Bonchev–Trinajstić information content (AvgIpc) is 3.50. The summed E-state index contributed by atoms with van der Waals surface area (Å²) in [7, 11) is 1.41. The molecule has 3 fully saturated rings. The highest BCUT2D eigenvalue weighted by atomic mass is 79.9. The van der Waals surface area contributed by atoms with Gasteiger partial charge in [0.1, 0.15) is 5.82 Å². The first-order valence-corrected chi connectivity index (χ1v) is 18.0. The van der Waals surface area contributed by atoms with Gasteiger partial charge in [0, 0.05) is 17.3 Å². The van der Waals surface area contributed by atoms with Crippen molar-refractivity contribution in [2.45, 2.75) is 25.7 Å². The molecule has 2 aliphatic carbocycles. The number of amides is 4. The second kappa shape index (κ2) is 12.6. The molecule has 9 nitrogen and oxygen atoms in total. The standard InChI is InChI=1S/C40H32BrClFN3O6/c1-40-28(37(49)46(39(40)51)24-12-15-31(43)30(42)18-24)19-27-25(34(40)20-16-29(41)35(47)32(17-20)52-2)13-14-26-33(27)38(50)45(36(26)48)23-10-8-22(9-11-23)44-21-6-4-3-5-7-21/h3-13,15-18,26-28,33-34,44,47H,14,19H2,1-2H3. The molecule has 6 unspecified atom stereocenters. The third kappa shape index (κ3) is 5.08. The van der Waals surface area contributed by atoms with E-state index in [2.05, 4.69) is 21.2 Å². The van der Waals surface area contributed by atoms with Crippen LogP contribution in [0.25, 0.3) is 0 Å². The molecule has 12 heteroatoms. The summed E-state index contributed by atoms with van der Waals surface area (Å²) in [5.41, 5.74) is 2.26. The van der Waals surface area contributed by atoms with E-state index >= 15 is 0 Å². The van der Waals surface area contributed by atoms with Gasteiger partial charge in [-0.15, -0.1) is 0 Å². The largest absolute Gasteiger partial charge is 0.503 e. The van der Waals surface area contributed by atoms with Crippen molar-refractivity contribution in [2.75, 3.05) is 22.2 Å². The first kappa shape index (κ1) is 34.1. The molecule has 0 spiro atoms. The van der Waals surface area contributed by atoms with E-state index in [0.29, 0.717) is 15.7 Å². The number of rotatable bonds is 6. The molecular weight excluding hydrogens is 753 g/mol. The molecule has 4 aromatic rings. The lowest BCUT2D eigenvalue weighted by Gasteiger charge is -2.49. The number of phenolic OH excluding ortho intramolecular Hbond substituents is 1. The number of anilines is 4. The average molecular weight is 785 g/mol. The van der Waals surface area contributed by atoms with Gasteiger partial charge in [0.05, 0.1) is 51.1 Å². The number of imide groups is 2. The lowest BCUT2D eigenvalue weighted by atomic mass is 9.51. The predicted octanol–water partition coefficient (Wildman–Crippen LogP) is 8.13. The second-order valence-electron chi connectivity index (χ2n) is 13.9. The summed E-state index contributed by atoms with van der Waals surface area (Å²) in [6, 6.07) is 23.7. The van der Waals surface area contributed by atoms with Gasteiger partial charge in [0.25, 0.3) is 0 Å². The number of aromatic hydroxyl groups is 1. The number of nitrogens with one attached hydrogen (secondary N) is 1. The molecule has 2 saturated heterocycles. The third-order valence-corrected chi connectivity index (χ3v) is 12.1. The maximum atomic E-state index is 14.7.